The summed E-state index contributed by atoms with van der Waals surface area (Å²) < 4.78 is 7.04. The molecule has 1 aromatic carbocycles. The second-order valence-corrected chi connectivity index (χ2v) is 5.06. The fourth-order valence-electron chi connectivity index (χ4n) is 1.96. The standard InChI is InChI=1S/C13H18BrNO/c1-2-10-5-6-13(12(14)8-10)16-11-4-3-7-15-9-11/h5-6,8,11,15H,2-4,7,9H2,1H3/t11-/m1/s1. The summed E-state index contributed by atoms with van der Waals surface area (Å²) in [6, 6.07) is 6.35. The van der Waals surface area contributed by atoms with E-state index in [2.05, 4.69) is 46.4 Å². The minimum Gasteiger partial charge on any atom is -0.488 e. The number of halogens is 1. The highest BCUT2D eigenvalue weighted by molar-refractivity contribution is 9.10. The third kappa shape index (κ3) is 2.98. The third-order valence-electron chi connectivity index (χ3n) is 2.95. The molecule has 1 fully saturated rings. The van der Waals surface area contributed by atoms with Gasteiger partial charge in [-0.3, -0.25) is 0 Å². The Balaban J connectivity index is 2.03. The lowest BCUT2D eigenvalue weighted by atomic mass is 10.1. The predicted octanol–water partition coefficient (Wildman–Crippen LogP) is 3.14. The van der Waals surface area contributed by atoms with Gasteiger partial charge in [-0.05, 0) is 59.4 Å². The number of rotatable bonds is 3. The van der Waals surface area contributed by atoms with Crippen molar-refractivity contribution in [2.75, 3.05) is 13.1 Å². The molecular formula is C13H18BrNO. The van der Waals surface area contributed by atoms with Gasteiger partial charge in [0.2, 0.25) is 0 Å². The van der Waals surface area contributed by atoms with E-state index >= 15 is 0 Å². The Kier molecular flexibility index (Phi) is 4.24. The molecule has 3 heteroatoms. The van der Waals surface area contributed by atoms with Crippen molar-refractivity contribution in [3.8, 4) is 5.75 Å². The van der Waals surface area contributed by atoms with Crippen LogP contribution in [0.4, 0.5) is 0 Å². The highest BCUT2D eigenvalue weighted by Crippen LogP contribution is 2.28. The van der Waals surface area contributed by atoms with Crippen molar-refractivity contribution in [3.63, 3.8) is 0 Å². The first-order valence-corrected chi connectivity index (χ1v) is 6.74. The van der Waals surface area contributed by atoms with Crippen molar-refractivity contribution < 1.29 is 4.74 Å². The monoisotopic (exact) mass is 283 g/mol. The van der Waals surface area contributed by atoms with E-state index in [0.29, 0.717) is 6.10 Å². The first-order valence-electron chi connectivity index (χ1n) is 5.95. The fourth-order valence-corrected chi connectivity index (χ4v) is 2.48. The molecular weight excluding hydrogens is 266 g/mol. The minimum atomic E-state index is 0.317. The molecule has 88 valence electrons. The molecule has 1 heterocycles. The van der Waals surface area contributed by atoms with Crippen LogP contribution in [0.15, 0.2) is 22.7 Å². The van der Waals surface area contributed by atoms with Gasteiger partial charge in [-0.2, -0.15) is 0 Å². The minimum absolute atomic E-state index is 0.317. The summed E-state index contributed by atoms with van der Waals surface area (Å²) in [7, 11) is 0. The van der Waals surface area contributed by atoms with E-state index in [0.717, 1.165) is 36.2 Å². The molecule has 0 spiro atoms. The van der Waals surface area contributed by atoms with Gasteiger partial charge in [-0.1, -0.05) is 13.0 Å². The second-order valence-electron chi connectivity index (χ2n) is 4.20. The van der Waals surface area contributed by atoms with Crippen LogP contribution < -0.4 is 10.1 Å². The van der Waals surface area contributed by atoms with Crippen LogP contribution in [0.2, 0.25) is 0 Å². The Morgan fingerprint density at radius 3 is 3.00 bits per heavy atom. The van der Waals surface area contributed by atoms with Gasteiger partial charge in [0.1, 0.15) is 11.9 Å². The van der Waals surface area contributed by atoms with Crippen molar-refractivity contribution in [2.45, 2.75) is 32.3 Å². The average Bonchev–Trinajstić information content (AvgIpc) is 2.33. The zero-order chi connectivity index (χ0) is 11.4. The smallest absolute Gasteiger partial charge is 0.133 e. The summed E-state index contributed by atoms with van der Waals surface area (Å²) >= 11 is 3.57. The number of hydrogen-bond donors (Lipinski definition) is 1. The van der Waals surface area contributed by atoms with Crippen molar-refractivity contribution >= 4 is 15.9 Å². The van der Waals surface area contributed by atoms with Crippen LogP contribution in [0.3, 0.4) is 0 Å². The summed E-state index contributed by atoms with van der Waals surface area (Å²) in [6.45, 7) is 4.24. The van der Waals surface area contributed by atoms with E-state index in [1.807, 2.05) is 0 Å². The molecule has 1 aromatic rings. The average molecular weight is 284 g/mol. The lowest BCUT2D eigenvalue weighted by Crippen LogP contribution is -2.37. The van der Waals surface area contributed by atoms with Gasteiger partial charge in [0.15, 0.2) is 0 Å². The number of hydrogen-bond acceptors (Lipinski definition) is 2. The number of piperidine rings is 1. The quantitative estimate of drug-likeness (QED) is 0.920. The maximum Gasteiger partial charge on any atom is 0.133 e. The number of ether oxygens (including phenoxy) is 1. The van der Waals surface area contributed by atoms with Crippen LogP contribution in [0.25, 0.3) is 0 Å². The molecule has 2 rings (SSSR count). The highest BCUT2D eigenvalue weighted by atomic mass is 79.9. The van der Waals surface area contributed by atoms with E-state index in [1.54, 1.807) is 0 Å². The van der Waals surface area contributed by atoms with E-state index in [-0.39, 0.29) is 0 Å². The lowest BCUT2D eigenvalue weighted by molar-refractivity contribution is 0.166. The Hall–Kier alpha value is -0.540. The SMILES string of the molecule is CCc1ccc(O[C@@H]2CCCNC2)c(Br)c1. The second kappa shape index (κ2) is 5.69. The molecule has 0 aromatic heterocycles. The Labute approximate surface area is 106 Å². The Bertz CT molecular complexity index is 348. The third-order valence-corrected chi connectivity index (χ3v) is 3.57. The zero-order valence-corrected chi connectivity index (χ0v) is 11.2. The van der Waals surface area contributed by atoms with Crippen LogP contribution in [0.5, 0.6) is 5.75 Å². The van der Waals surface area contributed by atoms with Crippen molar-refractivity contribution in [1.29, 1.82) is 0 Å². The number of benzene rings is 1. The van der Waals surface area contributed by atoms with E-state index in [1.165, 1.54) is 12.0 Å². The molecule has 0 amide bonds. The van der Waals surface area contributed by atoms with Crippen molar-refractivity contribution in [1.82, 2.24) is 5.32 Å². The van der Waals surface area contributed by atoms with E-state index in [4.69, 9.17) is 4.74 Å². The molecule has 0 aliphatic carbocycles. The van der Waals surface area contributed by atoms with Gasteiger partial charge in [-0.15, -0.1) is 0 Å². The summed E-state index contributed by atoms with van der Waals surface area (Å²) in [5, 5.41) is 3.36. The van der Waals surface area contributed by atoms with Crippen LogP contribution in [0.1, 0.15) is 25.3 Å². The molecule has 0 radical (unpaired) electrons. The zero-order valence-electron chi connectivity index (χ0n) is 9.63. The summed E-state index contributed by atoms with van der Waals surface area (Å²) in [6.07, 6.45) is 3.73. The summed E-state index contributed by atoms with van der Waals surface area (Å²) in [5.74, 6) is 0.964. The Morgan fingerprint density at radius 2 is 2.38 bits per heavy atom. The molecule has 0 bridgehead atoms. The highest BCUT2D eigenvalue weighted by Gasteiger charge is 2.15. The molecule has 1 N–H and O–H groups in total. The molecule has 1 aliphatic heterocycles. The Morgan fingerprint density at radius 1 is 1.50 bits per heavy atom. The van der Waals surface area contributed by atoms with Crippen LogP contribution in [0, 0.1) is 0 Å². The lowest BCUT2D eigenvalue weighted by Gasteiger charge is -2.24. The largest absolute Gasteiger partial charge is 0.488 e. The van der Waals surface area contributed by atoms with Gasteiger partial charge in [0.25, 0.3) is 0 Å². The maximum absolute atomic E-state index is 5.98. The topological polar surface area (TPSA) is 21.3 Å². The van der Waals surface area contributed by atoms with Crippen LogP contribution in [-0.4, -0.2) is 19.2 Å². The van der Waals surface area contributed by atoms with Gasteiger partial charge in [0.05, 0.1) is 4.47 Å². The van der Waals surface area contributed by atoms with Crippen LogP contribution >= 0.6 is 15.9 Å². The molecule has 1 atom stereocenters. The number of aryl methyl sites for hydroxylation is 1. The fraction of sp³-hybridized carbons (Fsp3) is 0.538. The summed E-state index contributed by atoms with van der Waals surface area (Å²) in [5.41, 5.74) is 1.33. The van der Waals surface area contributed by atoms with Gasteiger partial charge in [0, 0.05) is 6.54 Å². The van der Waals surface area contributed by atoms with Gasteiger partial charge in [-0.25, -0.2) is 0 Å². The maximum atomic E-state index is 5.98. The van der Waals surface area contributed by atoms with Gasteiger partial charge >= 0.3 is 0 Å². The molecule has 16 heavy (non-hydrogen) atoms. The van der Waals surface area contributed by atoms with Gasteiger partial charge < -0.3 is 10.1 Å². The van der Waals surface area contributed by atoms with Crippen LogP contribution in [-0.2, 0) is 6.42 Å². The van der Waals surface area contributed by atoms with E-state index in [9.17, 15) is 0 Å². The molecule has 1 aliphatic rings. The van der Waals surface area contributed by atoms with Crippen molar-refractivity contribution in [2.24, 2.45) is 0 Å². The predicted molar refractivity (Wildman–Crippen MR) is 70.0 cm³/mol. The molecule has 2 nitrogen and oxygen atoms in total. The first kappa shape index (κ1) is 11.9. The first-order chi connectivity index (χ1) is 7.79. The normalized spacial score (nSPS) is 20.8. The molecule has 0 saturated carbocycles. The van der Waals surface area contributed by atoms with E-state index < -0.39 is 0 Å². The number of nitrogens with one attached hydrogen (secondary N) is 1. The van der Waals surface area contributed by atoms with Crippen molar-refractivity contribution in [3.05, 3.63) is 28.2 Å². The summed E-state index contributed by atoms with van der Waals surface area (Å²) in [4.78, 5) is 0. The molecule has 1 saturated heterocycles. The molecule has 0 unspecified atom stereocenters.